The number of hydrogen-bond acceptors (Lipinski definition) is 6. The molecule has 0 aliphatic carbocycles. The Kier molecular flexibility index (Phi) is 6.63. The highest BCUT2D eigenvalue weighted by Crippen LogP contribution is 2.31. The van der Waals surface area contributed by atoms with E-state index in [1.807, 2.05) is 25.3 Å². The van der Waals surface area contributed by atoms with Crippen LogP contribution < -0.4 is 5.32 Å². The lowest BCUT2D eigenvalue weighted by molar-refractivity contribution is 0.271. The van der Waals surface area contributed by atoms with Crippen LogP contribution in [0.4, 0.5) is 5.82 Å². The van der Waals surface area contributed by atoms with E-state index in [4.69, 9.17) is 0 Å². The van der Waals surface area contributed by atoms with Crippen molar-refractivity contribution in [1.82, 2.24) is 9.97 Å². The monoisotopic (exact) mass is 370 g/mol. The van der Waals surface area contributed by atoms with Crippen molar-refractivity contribution in [3.63, 3.8) is 0 Å². The van der Waals surface area contributed by atoms with Gasteiger partial charge in [0.2, 0.25) is 0 Å². The minimum absolute atomic E-state index is 0.0183. The standard InChI is InChI=1S/C20H26N4OS/c1-6-15(12-25)22-18-16(11-21)17(23-19(24-18)26-5)13-7-9-14(10-8-13)20(2,3)4/h7-10,15,25H,6,12H2,1-5H3,(H,22,23,24)/t15-/m0/s1. The molecule has 138 valence electrons. The van der Waals surface area contributed by atoms with Gasteiger partial charge in [0.15, 0.2) is 5.16 Å². The van der Waals surface area contributed by atoms with E-state index in [0.29, 0.717) is 22.2 Å². The Labute approximate surface area is 159 Å². The van der Waals surface area contributed by atoms with E-state index in [1.165, 1.54) is 17.3 Å². The highest BCUT2D eigenvalue weighted by atomic mass is 32.2. The largest absolute Gasteiger partial charge is 0.394 e. The molecule has 0 saturated carbocycles. The molecule has 6 heteroatoms. The minimum Gasteiger partial charge on any atom is -0.394 e. The van der Waals surface area contributed by atoms with Gasteiger partial charge in [-0.1, -0.05) is 63.7 Å². The van der Waals surface area contributed by atoms with Crippen molar-refractivity contribution in [1.29, 1.82) is 5.26 Å². The van der Waals surface area contributed by atoms with E-state index in [1.54, 1.807) is 0 Å². The van der Waals surface area contributed by atoms with Gasteiger partial charge in [-0.05, 0) is 23.7 Å². The van der Waals surface area contributed by atoms with Crippen LogP contribution in [0, 0.1) is 11.3 Å². The Hall–Kier alpha value is -2.10. The highest BCUT2D eigenvalue weighted by molar-refractivity contribution is 7.98. The molecule has 2 rings (SSSR count). The fourth-order valence-electron chi connectivity index (χ4n) is 2.55. The lowest BCUT2D eigenvalue weighted by atomic mass is 9.86. The third-order valence-electron chi connectivity index (χ3n) is 4.26. The SMILES string of the molecule is CC[C@@H](CO)Nc1nc(SC)nc(-c2ccc(C(C)(C)C)cc2)c1C#N. The van der Waals surface area contributed by atoms with Crippen molar-refractivity contribution in [3.05, 3.63) is 35.4 Å². The van der Waals surface area contributed by atoms with Crippen LogP contribution in [-0.2, 0) is 5.41 Å². The molecular weight excluding hydrogens is 344 g/mol. The number of aliphatic hydroxyl groups excluding tert-OH is 1. The average Bonchev–Trinajstić information content (AvgIpc) is 2.64. The molecule has 0 aliphatic heterocycles. The maximum atomic E-state index is 9.73. The van der Waals surface area contributed by atoms with Crippen LogP contribution in [0.25, 0.3) is 11.3 Å². The lowest BCUT2D eigenvalue weighted by Crippen LogP contribution is -2.24. The number of nitriles is 1. The van der Waals surface area contributed by atoms with Gasteiger partial charge in [0.1, 0.15) is 17.5 Å². The van der Waals surface area contributed by atoms with Crippen molar-refractivity contribution >= 4 is 17.6 Å². The molecule has 2 N–H and O–H groups in total. The van der Waals surface area contributed by atoms with Crippen molar-refractivity contribution < 1.29 is 5.11 Å². The van der Waals surface area contributed by atoms with Gasteiger partial charge in [0.25, 0.3) is 0 Å². The predicted molar refractivity (Wildman–Crippen MR) is 107 cm³/mol. The van der Waals surface area contributed by atoms with Gasteiger partial charge in [-0.3, -0.25) is 0 Å². The first kappa shape index (κ1) is 20.2. The Balaban J connectivity index is 2.55. The molecule has 0 radical (unpaired) electrons. The topological polar surface area (TPSA) is 81.8 Å². The van der Waals surface area contributed by atoms with Gasteiger partial charge >= 0.3 is 0 Å². The summed E-state index contributed by atoms with van der Waals surface area (Å²) in [5.41, 5.74) is 3.19. The molecule has 1 atom stereocenters. The summed E-state index contributed by atoms with van der Waals surface area (Å²) in [7, 11) is 0. The number of rotatable bonds is 6. The third-order valence-corrected chi connectivity index (χ3v) is 4.81. The first-order valence-electron chi connectivity index (χ1n) is 8.68. The zero-order valence-corrected chi connectivity index (χ0v) is 16.8. The molecule has 1 aromatic heterocycles. The Bertz CT molecular complexity index is 787. The summed E-state index contributed by atoms with van der Waals surface area (Å²) >= 11 is 1.43. The summed E-state index contributed by atoms with van der Waals surface area (Å²) in [6.45, 7) is 8.46. The molecule has 0 fully saturated rings. The van der Waals surface area contributed by atoms with Crippen LogP contribution in [0.1, 0.15) is 45.2 Å². The summed E-state index contributed by atoms with van der Waals surface area (Å²) in [5.74, 6) is 0.475. The van der Waals surface area contributed by atoms with Crippen molar-refractivity contribution in [2.45, 2.75) is 50.7 Å². The molecule has 0 amide bonds. The number of hydrogen-bond donors (Lipinski definition) is 2. The molecule has 1 aromatic carbocycles. The van der Waals surface area contributed by atoms with Gasteiger partial charge < -0.3 is 10.4 Å². The summed E-state index contributed by atoms with van der Waals surface area (Å²) in [4.78, 5) is 9.02. The van der Waals surface area contributed by atoms with E-state index in [0.717, 1.165) is 12.0 Å². The van der Waals surface area contributed by atoms with Crippen LogP contribution in [0.3, 0.4) is 0 Å². The number of nitrogens with zero attached hydrogens (tertiary/aromatic N) is 3. The average molecular weight is 371 g/mol. The summed E-state index contributed by atoms with van der Waals surface area (Å²) in [6.07, 6.45) is 2.64. The predicted octanol–water partition coefficient (Wildman–Crippen LogP) is 4.22. The van der Waals surface area contributed by atoms with E-state index < -0.39 is 0 Å². The van der Waals surface area contributed by atoms with Crippen molar-refractivity contribution in [3.8, 4) is 17.3 Å². The van der Waals surface area contributed by atoms with Crippen LogP contribution >= 0.6 is 11.8 Å². The molecule has 0 bridgehead atoms. The number of anilines is 1. The van der Waals surface area contributed by atoms with Gasteiger partial charge in [-0.15, -0.1) is 0 Å². The second-order valence-electron chi connectivity index (χ2n) is 7.15. The molecule has 0 unspecified atom stereocenters. The van der Waals surface area contributed by atoms with Gasteiger partial charge in [0.05, 0.1) is 18.3 Å². The van der Waals surface area contributed by atoms with Crippen LogP contribution in [0.5, 0.6) is 0 Å². The van der Waals surface area contributed by atoms with Gasteiger partial charge in [-0.2, -0.15) is 5.26 Å². The molecule has 5 nitrogen and oxygen atoms in total. The number of aromatic nitrogens is 2. The van der Waals surface area contributed by atoms with Crippen molar-refractivity contribution in [2.75, 3.05) is 18.2 Å². The number of thioether (sulfide) groups is 1. The number of aliphatic hydroxyl groups is 1. The maximum Gasteiger partial charge on any atom is 0.189 e. The van der Waals surface area contributed by atoms with Gasteiger partial charge in [0, 0.05) is 5.56 Å². The van der Waals surface area contributed by atoms with E-state index in [9.17, 15) is 10.4 Å². The second kappa shape index (κ2) is 8.52. The first-order chi connectivity index (χ1) is 12.3. The fourth-order valence-corrected chi connectivity index (χ4v) is 2.91. The third kappa shape index (κ3) is 4.54. The quantitative estimate of drug-likeness (QED) is 0.585. The van der Waals surface area contributed by atoms with Crippen LogP contribution in [0.15, 0.2) is 29.4 Å². The molecule has 26 heavy (non-hydrogen) atoms. The van der Waals surface area contributed by atoms with Crippen molar-refractivity contribution in [2.24, 2.45) is 0 Å². The first-order valence-corrected chi connectivity index (χ1v) is 9.91. The lowest BCUT2D eigenvalue weighted by Gasteiger charge is -2.20. The number of benzene rings is 1. The molecule has 0 aliphatic rings. The zero-order chi connectivity index (χ0) is 19.3. The molecule has 1 heterocycles. The summed E-state index contributed by atoms with van der Waals surface area (Å²) < 4.78 is 0. The van der Waals surface area contributed by atoms with Gasteiger partial charge in [-0.25, -0.2) is 9.97 Å². The van der Waals surface area contributed by atoms with Crippen LogP contribution in [0.2, 0.25) is 0 Å². The normalized spacial score (nSPS) is 12.5. The maximum absolute atomic E-state index is 9.73. The Morgan fingerprint density at radius 3 is 2.35 bits per heavy atom. The molecule has 0 saturated heterocycles. The smallest absolute Gasteiger partial charge is 0.189 e. The summed E-state index contributed by atoms with van der Waals surface area (Å²) in [6, 6.07) is 10.2. The molecular formula is C20H26N4OS. The number of nitrogens with one attached hydrogen (secondary N) is 1. The van der Waals surface area contributed by atoms with E-state index in [2.05, 4.69) is 54.3 Å². The molecule has 0 spiro atoms. The molecule has 2 aromatic rings. The zero-order valence-electron chi connectivity index (χ0n) is 16.0. The van der Waals surface area contributed by atoms with Crippen LogP contribution in [-0.4, -0.2) is 34.0 Å². The summed E-state index contributed by atoms with van der Waals surface area (Å²) in [5, 5.41) is 23.0. The highest BCUT2D eigenvalue weighted by Gasteiger charge is 2.19. The Morgan fingerprint density at radius 2 is 1.88 bits per heavy atom. The fraction of sp³-hybridized carbons (Fsp3) is 0.450. The second-order valence-corrected chi connectivity index (χ2v) is 7.93. The van der Waals surface area contributed by atoms with E-state index >= 15 is 0 Å². The minimum atomic E-state index is -0.150. The van der Waals surface area contributed by atoms with E-state index in [-0.39, 0.29) is 18.1 Å². The Morgan fingerprint density at radius 1 is 1.23 bits per heavy atom.